The maximum absolute atomic E-state index is 13.0. The maximum Gasteiger partial charge on any atom is 0.272 e. The van der Waals surface area contributed by atoms with Gasteiger partial charge in [-0.1, -0.05) is 6.92 Å². The van der Waals surface area contributed by atoms with Crippen LogP contribution in [0.3, 0.4) is 0 Å². The van der Waals surface area contributed by atoms with Crippen molar-refractivity contribution in [3.05, 3.63) is 0 Å². The van der Waals surface area contributed by atoms with E-state index >= 15 is 0 Å². The van der Waals surface area contributed by atoms with Gasteiger partial charge < -0.3 is 5.32 Å². The molecule has 0 saturated heterocycles. The van der Waals surface area contributed by atoms with Crippen molar-refractivity contribution < 1.29 is 17.6 Å². The van der Waals surface area contributed by atoms with Crippen molar-refractivity contribution >= 4 is 0 Å². The van der Waals surface area contributed by atoms with E-state index in [1.165, 1.54) is 7.05 Å². The maximum atomic E-state index is 13.0. The van der Waals surface area contributed by atoms with Crippen LogP contribution in [0.2, 0.25) is 0 Å². The van der Waals surface area contributed by atoms with E-state index < -0.39 is 32.0 Å². The minimum absolute atomic E-state index is 0.198. The molecule has 0 aliphatic carbocycles. The van der Waals surface area contributed by atoms with E-state index in [1.807, 2.05) is 0 Å². The fourth-order valence-electron chi connectivity index (χ4n) is 1.14. The highest BCUT2D eigenvalue weighted by Crippen LogP contribution is 2.14. The van der Waals surface area contributed by atoms with Crippen LogP contribution in [0, 0.1) is 0 Å². The first-order valence-electron chi connectivity index (χ1n) is 4.44. The fraction of sp³-hybridized carbons (Fsp3) is 1.00. The Morgan fingerprint density at radius 3 is 2.29 bits per heavy atom. The lowest BCUT2D eigenvalue weighted by atomic mass is 10.3. The molecule has 2 nitrogen and oxygen atoms in total. The molecule has 0 radical (unpaired) electrons. The predicted molar refractivity (Wildman–Crippen MR) is 47.0 cm³/mol. The number of nitrogens with one attached hydrogen (secondary N) is 1. The first kappa shape index (κ1) is 13.6. The van der Waals surface area contributed by atoms with E-state index in [0.29, 0.717) is 0 Å². The number of hydrogen-bond acceptors (Lipinski definition) is 2. The Bertz CT molecular complexity index is 152. The monoisotopic (exact) mass is 216 g/mol. The van der Waals surface area contributed by atoms with E-state index in [0.717, 1.165) is 4.90 Å². The third-order valence-corrected chi connectivity index (χ3v) is 1.73. The van der Waals surface area contributed by atoms with Gasteiger partial charge in [-0.2, -0.15) is 0 Å². The van der Waals surface area contributed by atoms with Crippen LogP contribution in [0.5, 0.6) is 0 Å². The van der Waals surface area contributed by atoms with Crippen molar-refractivity contribution in [1.82, 2.24) is 10.2 Å². The van der Waals surface area contributed by atoms with Gasteiger partial charge in [0.1, 0.15) is 0 Å². The van der Waals surface area contributed by atoms with Crippen LogP contribution in [-0.4, -0.2) is 50.5 Å². The molecule has 0 unspecified atom stereocenters. The van der Waals surface area contributed by atoms with Gasteiger partial charge in [0.05, 0.1) is 19.6 Å². The number of halogens is 4. The van der Waals surface area contributed by atoms with Gasteiger partial charge in [0, 0.05) is 0 Å². The van der Waals surface area contributed by atoms with E-state index in [9.17, 15) is 17.6 Å². The summed E-state index contributed by atoms with van der Waals surface area (Å²) in [5.41, 5.74) is 0. The highest BCUT2D eigenvalue weighted by atomic mass is 19.3. The smallest absolute Gasteiger partial charge is 0.272 e. The van der Waals surface area contributed by atoms with Gasteiger partial charge in [0.2, 0.25) is 0 Å². The van der Waals surface area contributed by atoms with Crippen LogP contribution < -0.4 is 5.32 Å². The van der Waals surface area contributed by atoms with Crippen LogP contribution in [0.1, 0.15) is 6.92 Å². The highest BCUT2D eigenvalue weighted by molar-refractivity contribution is 4.74. The average molecular weight is 216 g/mol. The molecule has 0 aromatic rings. The summed E-state index contributed by atoms with van der Waals surface area (Å²) in [6.07, 6.45) is -2.57. The minimum Gasteiger partial charge on any atom is -0.314 e. The summed E-state index contributed by atoms with van der Waals surface area (Å²) in [6, 6.07) is 0. The molecular formula is C8H16F4N2. The first-order chi connectivity index (χ1) is 6.41. The van der Waals surface area contributed by atoms with Gasteiger partial charge in [0.25, 0.3) is 12.3 Å². The SMILES string of the molecule is CCN(CC(F)F)CC(F)(F)CNC. The lowest BCUT2D eigenvalue weighted by Crippen LogP contribution is -2.44. The number of hydrogen-bond donors (Lipinski definition) is 1. The molecule has 0 aliphatic heterocycles. The van der Waals surface area contributed by atoms with Crippen LogP contribution in [0.4, 0.5) is 17.6 Å². The standard InChI is InChI=1S/C8H16F4N2/c1-3-14(4-7(9)10)6-8(11,12)5-13-2/h7,13H,3-6H2,1-2H3. The molecule has 0 heterocycles. The third-order valence-electron chi connectivity index (χ3n) is 1.73. The van der Waals surface area contributed by atoms with Crippen LogP contribution >= 0.6 is 0 Å². The molecule has 1 N–H and O–H groups in total. The topological polar surface area (TPSA) is 15.3 Å². The molecular weight excluding hydrogens is 200 g/mol. The Morgan fingerprint density at radius 1 is 1.36 bits per heavy atom. The van der Waals surface area contributed by atoms with Crippen molar-refractivity contribution in [2.75, 3.05) is 33.2 Å². The summed E-state index contributed by atoms with van der Waals surface area (Å²) >= 11 is 0. The van der Waals surface area contributed by atoms with Crippen molar-refractivity contribution in [3.8, 4) is 0 Å². The molecule has 0 bridgehead atoms. The zero-order valence-electron chi connectivity index (χ0n) is 8.36. The Labute approximate surface area is 81.3 Å². The lowest BCUT2D eigenvalue weighted by molar-refractivity contribution is -0.0392. The molecule has 0 aromatic heterocycles. The second-order valence-corrected chi connectivity index (χ2v) is 3.11. The largest absolute Gasteiger partial charge is 0.314 e. The summed E-state index contributed by atoms with van der Waals surface area (Å²) in [5, 5.41) is 2.33. The van der Waals surface area contributed by atoms with Gasteiger partial charge >= 0.3 is 0 Å². The zero-order chi connectivity index (χ0) is 11.2. The Hall–Kier alpha value is -0.360. The Balaban J connectivity index is 4.02. The molecule has 0 atom stereocenters. The van der Waals surface area contributed by atoms with Crippen molar-refractivity contribution in [2.45, 2.75) is 19.3 Å². The number of alkyl halides is 4. The quantitative estimate of drug-likeness (QED) is 0.648. The minimum atomic E-state index is -2.96. The summed E-state index contributed by atoms with van der Waals surface area (Å²) in [6.45, 7) is 0.0543. The molecule has 0 spiro atoms. The summed E-state index contributed by atoms with van der Waals surface area (Å²) in [7, 11) is 1.40. The van der Waals surface area contributed by atoms with Gasteiger partial charge in [-0.05, 0) is 13.6 Å². The van der Waals surface area contributed by atoms with Gasteiger partial charge in [-0.25, -0.2) is 17.6 Å². The van der Waals surface area contributed by atoms with E-state index in [4.69, 9.17) is 0 Å². The molecule has 0 rings (SSSR count). The molecule has 0 aliphatic rings. The molecule has 0 fully saturated rings. The normalized spacial score (nSPS) is 12.9. The summed E-state index contributed by atoms with van der Waals surface area (Å²) in [4.78, 5) is 1.04. The van der Waals surface area contributed by atoms with Crippen LogP contribution in [0.15, 0.2) is 0 Å². The molecule has 86 valence electrons. The average Bonchev–Trinajstić information content (AvgIpc) is 2.01. The highest BCUT2D eigenvalue weighted by Gasteiger charge is 2.31. The Morgan fingerprint density at radius 2 is 1.93 bits per heavy atom. The van der Waals surface area contributed by atoms with Crippen LogP contribution in [0.25, 0.3) is 0 Å². The second kappa shape index (κ2) is 6.19. The molecule has 0 amide bonds. The Kier molecular flexibility index (Phi) is 6.03. The zero-order valence-corrected chi connectivity index (χ0v) is 8.36. The first-order valence-corrected chi connectivity index (χ1v) is 4.44. The second-order valence-electron chi connectivity index (χ2n) is 3.11. The summed E-state index contributed by atoms with van der Waals surface area (Å²) < 4.78 is 49.8. The summed E-state index contributed by atoms with van der Waals surface area (Å²) in [5.74, 6) is -2.96. The number of nitrogens with zero attached hydrogens (tertiary/aromatic N) is 1. The molecule has 0 aromatic carbocycles. The fourth-order valence-corrected chi connectivity index (χ4v) is 1.14. The lowest BCUT2D eigenvalue weighted by Gasteiger charge is -2.25. The van der Waals surface area contributed by atoms with E-state index in [-0.39, 0.29) is 6.54 Å². The van der Waals surface area contributed by atoms with Crippen LogP contribution in [-0.2, 0) is 0 Å². The van der Waals surface area contributed by atoms with E-state index in [1.54, 1.807) is 6.92 Å². The van der Waals surface area contributed by atoms with Gasteiger partial charge in [-0.3, -0.25) is 4.90 Å². The van der Waals surface area contributed by atoms with Crippen molar-refractivity contribution in [2.24, 2.45) is 0 Å². The van der Waals surface area contributed by atoms with E-state index in [2.05, 4.69) is 5.32 Å². The van der Waals surface area contributed by atoms with Crippen molar-refractivity contribution in [1.29, 1.82) is 0 Å². The molecule has 14 heavy (non-hydrogen) atoms. The van der Waals surface area contributed by atoms with Crippen molar-refractivity contribution in [3.63, 3.8) is 0 Å². The molecule has 6 heteroatoms. The van der Waals surface area contributed by atoms with Gasteiger partial charge in [0.15, 0.2) is 0 Å². The van der Waals surface area contributed by atoms with Gasteiger partial charge in [-0.15, -0.1) is 0 Å². The molecule has 0 saturated carbocycles. The predicted octanol–water partition coefficient (Wildman–Crippen LogP) is 1.43. The number of rotatable bonds is 7. The third kappa shape index (κ3) is 6.15.